The quantitative estimate of drug-likeness (QED) is 0.599. The lowest BCUT2D eigenvalue weighted by Gasteiger charge is -2.19. The molecule has 10 heavy (non-hydrogen) atoms. The van der Waals surface area contributed by atoms with Gasteiger partial charge in [0.15, 0.2) is 0 Å². The smallest absolute Gasteiger partial charge is 0.237 e. The molecule has 0 saturated carbocycles. The summed E-state index contributed by atoms with van der Waals surface area (Å²) in [6.45, 7) is 3.72. The van der Waals surface area contributed by atoms with E-state index in [9.17, 15) is 4.79 Å². The van der Waals surface area contributed by atoms with Gasteiger partial charge in [-0.05, 0) is 13.3 Å². The molecule has 0 aliphatic heterocycles. The van der Waals surface area contributed by atoms with Crippen molar-refractivity contribution in [2.45, 2.75) is 38.6 Å². The Bertz CT molecular complexity index is 121. The van der Waals surface area contributed by atoms with Gasteiger partial charge in [0.1, 0.15) is 0 Å². The van der Waals surface area contributed by atoms with Crippen LogP contribution in [0.3, 0.4) is 0 Å². The lowest BCUT2D eigenvalue weighted by Crippen LogP contribution is -2.49. The first-order valence-corrected chi connectivity index (χ1v) is 3.59. The van der Waals surface area contributed by atoms with Gasteiger partial charge in [-0.15, -0.1) is 0 Å². The monoisotopic (exact) mass is 144 g/mol. The molecule has 0 aliphatic rings. The highest BCUT2D eigenvalue weighted by Crippen LogP contribution is 2.08. The first kappa shape index (κ1) is 9.43. The Labute approximate surface area is 61.8 Å². The molecule has 0 heterocycles. The fourth-order valence-corrected chi connectivity index (χ4v) is 0.667. The van der Waals surface area contributed by atoms with Crippen molar-refractivity contribution in [1.82, 2.24) is 0 Å². The maximum Gasteiger partial charge on any atom is 0.237 e. The summed E-state index contributed by atoms with van der Waals surface area (Å²) in [5.74, 6) is -0.416. The van der Waals surface area contributed by atoms with E-state index < -0.39 is 11.4 Å². The zero-order valence-electron chi connectivity index (χ0n) is 6.68. The fraction of sp³-hybridized carbons (Fsp3) is 0.857. The first-order chi connectivity index (χ1) is 4.50. The number of hydrogen-bond donors (Lipinski definition) is 2. The first-order valence-electron chi connectivity index (χ1n) is 3.59. The second kappa shape index (κ2) is 3.56. The molecule has 4 N–H and O–H groups in total. The van der Waals surface area contributed by atoms with Crippen LogP contribution in [0.25, 0.3) is 0 Å². The van der Waals surface area contributed by atoms with Crippen molar-refractivity contribution >= 4 is 5.91 Å². The maximum atomic E-state index is 10.6. The van der Waals surface area contributed by atoms with Crippen LogP contribution in [0.1, 0.15) is 33.1 Å². The summed E-state index contributed by atoms with van der Waals surface area (Å²) in [6.07, 6.45) is 2.68. The number of rotatable bonds is 4. The van der Waals surface area contributed by atoms with Crippen molar-refractivity contribution in [3.8, 4) is 0 Å². The number of amides is 1. The summed E-state index contributed by atoms with van der Waals surface area (Å²) < 4.78 is 0. The minimum Gasteiger partial charge on any atom is -0.368 e. The number of primary amides is 1. The molecular formula is C7H16N2O. The predicted octanol–water partition coefficient (Wildman–Crippen LogP) is 0.379. The number of nitrogens with two attached hydrogens (primary N) is 2. The zero-order chi connectivity index (χ0) is 8.20. The maximum absolute atomic E-state index is 10.6. The van der Waals surface area contributed by atoms with Crippen LogP contribution in [0, 0.1) is 0 Å². The largest absolute Gasteiger partial charge is 0.368 e. The van der Waals surface area contributed by atoms with Crippen molar-refractivity contribution in [3.63, 3.8) is 0 Å². The average Bonchev–Trinajstić information content (AvgIpc) is 1.84. The Kier molecular flexibility index (Phi) is 3.36. The van der Waals surface area contributed by atoms with Crippen molar-refractivity contribution in [1.29, 1.82) is 0 Å². The fourth-order valence-electron chi connectivity index (χ4n) is 0.667. The highest BCUT2D eigenvalue weighted by molar-refractivity contribution is 5.83. The SMILES string of the molecule is CCCC[C@](C)(N)C(N)=O. The predicted molar refractivity (Wildman–Crippen MR) is 41.3 cm³/mol. The van der Waals surface area contributed by atoms with Gasteiger partial charge in [-0.2, -0.15) is 0 Å². The topological polar surface area (TPSA) is 69.1 Å². The van der Waals surface area contributed by atoms with Crippen molar-refractivity contribution in [2.24, 2.45) is 11.5 Å². The molecule has 0 aromatic rings. The molecule has 0 rings (SSSR count). The van der Waals surface area contributed by atoms with Crippen molar-refractivity contribution < 1.29 is 4.79 Å². The molecule has 1 atom stereocenters. The highest BCUT2D eigenvalue weighted by Gasteiger charge is 2.23. The Balaban J connectivity index is 3.75. The normalized spacial score (nSPS) is 16.3. The van der Waals surface area contributed by atoms with Gasteiger partial charge in [-0.1, -0.05) is 19.8 Å². The van der Waals surface area contributed by atoms with E-state index in [1.807, 2.05) is 0 Å². The third-order valence-corrected chi connectivity index (χ3v) is 1.61. The Morgan fingerprint density at radius 1 is 1.60 bits per heavy atom. The van der Waals surface area contributed by atoms with Crippen LogP contribution in [0.4, 0.5) is 0 Å². The molecule has 3 nitrogen and oxygen atoms in total. The Morgan fingerprint density at radius 3 is 2.40 bits per heavy atom. The van der Waals surface area contributed by atoms with Crippen LogP contribution < -0.4 is 11.5 Å². The third kappa shape index (κ3) is 2.82. The van der Waals surface area contributed by atoms with Gasteiger partial charge in [0.25, 0.3) is 0 Å². The minimum atomic E-state index is -0.810. The molecule has 1 amide bonds. The van der Waals surface area contributed by atoms with E-state index in [1.54, 1.807) is 6.92 Å². The summed E-state index contributed by atoms with van der Waals surface area (Å²) in [5, 5.41) is 0. The van der Waals surface area contributed by atoms with Crippen molar-refractivity contribution in [3.05, 3.63) is 0 Å². The summed E-state index contributed by atoms with van der Waals surface area (Å²) in [5.41, 5.74) is 9.81. The van der Waals surface area contributed by atoms with Crippen LogP contribution in [0.5, 0.6) is 0 Å². The molecule has 0 bridgehead atoms. The summed E-state index contributed by atoms with van der Waals surface area (Å²) in [6, 6.07) is 0. The molecule has 0 aromatic heterocycles. The van der Waals surface area contributed by atoms with E-state index in [1.165, 1.54) is 0 Å². The molecule has 0 aromatic carbocycles. The molecule has 0 aliphatic carbocycles. The van der Waals surface area contributed by atoms with Crippen LogP contribution >= 0.6 is 0 Å². The van der Waals surface area contributed by atoms with Gasteiger partial charge < -0.3 is 11.5 Å². The van der Waals surface area contributed by atoms with Crippen LogP contribution in [0.15, 0.2) is 0 Å². The molecule has 0 saturated heterocycles. The van der Waals surface area contributed by atoms with E-state index >= 15 is 0 Å². The van der Waals surface area contributed by atoms with E-state index in [-0.39, 0.29) is 0 Å². The molecule has 60 valence electrons. The van der Waals surface area contributed by atoms with Crippen LogP contribution in [0.2, 0.25) is 0 Å². The summed E-state index contributed by atoms with van der Waals surface area (Å²) >= 11 is 0. The number of carbonyl (C=O) groups is 1. The Morgan fingerprint density at radius 2 is 2.10 bits per heavy atom. The van der Waals surface area contributed by atoms with E-state index in [0.717, 1.165) is 12.8 Å². The van der Waals surface area contributed by atoms with E-state index in [2.05, 4.69) is 6.92 Å². The summed E-state index contributed by atoms with van der Waals surface area (Å²) in [7, 11) is 0. The molecule has 0 unspecified atom stereocenters. The summed E-state index contributed by atoms with van der Waals surface area (Å²) in [4.78, 5) is 10.6. The van der Waals surface area contributed by atoms with Gasteiger partial charge in [0.2, 0.25) is 5.91 Å². The van der Waals surface area contributed by atoms with E-state index in [0.29, 0.717) is 6.42 Å². The van der Waals surface area contributed by atoms with Gasteiger partial charge >= 0.3 is 0 Å². The Hall–Kier alpha value is -0.570. The molecule has 0 fully saturated rings. The second-order valence-corrected chi connectivity index (χ2v) is 2.89. The zero-order valence-corrected chi connectivity index (χ0v) is 6.68. The van der Waals surface area contributed by atoms with E-state index in [4.69, 9.17) is 11.5 Å². The lowest BCUT2D eigenvalue weighted by molar-refractivity contribution is -0.122. The van der Waals surface area contributed by atoms with Gasteiger partial charge in [0, 0.05) is 0 Å². The standard InChI is InChI=1S/C7H16N2O/c1-3-4-5-7(2,9)6(8)10/h3-5,9H2,1-2H3,(H2,8,10)/t7-/m0/s1. The highest BCUT2D eigenvalue weighted by atomic mass is 16.1. The van der Waals surface area contributed by atoms with Crippen LogP contribution in [-0.2, 0) is 4.79 Å². The molecule has 0 spiro atoms. The molecule has 0 radical (unpaired) electrons. The minimum absolute atomic E-state index is 0.416. The van der Waals surface area contributed by atoms with Crippen molar-refractivity contribution in [2.75, 3.05) is 0 Å². The van der Waals surface area contributed by atoms with Gasteiger partial charge in [0.05, 0.1) is 5.54 Å². The third-order valence-electron chi connectivity index (χ3n) is 1.61. The number of carbonyl (C=O) groups excluding carboxylic acids is 1. The average molecular weight is 144 g/mol. The van der Waals surface area contributed by atoms with Gasteiger partial charge in [-0.3, -0.25) is 4.79 Å². The number of unbranched alkanes of at least 4 members (excludes halogenated alkanes) is 1. The number of hydrogen-bond acceptors (Lipinski definition) is 2. The van der Waals surface area contributed by atoms with Crippen LogP contribution in [-0.4, -0.2) is 11.4 Å². The van der Waals surface area contributed by atoms with Gasteiger partial charge in [-0.25, -0.2) is 0 Å². The molecular weight excluding hydrogens is 128 g/mol. The molecule has 3 heteroatoms. The lowest BCUT2D eigenvalue weighted by atomic mass is 9.96. The second-order valence-electron chi connectivity index (χ2n) is 2.89.